The third-order valence-corrected chi connectivity index (χ3v) is 5.32. The quantitative estimate of drug-likeness (QED) is 0.793. The van der Waals surface area contributed by atoms with E-state index in [0.29, 0.717) is 0 Å². The first-order chi connectivity index (χ1) is 8.33. The third kappa shape index (κ3) is 2.68. The van der Waals surface area contributed by atoms with Gasteiger partial charge in [0, 0.05) is 18.6 Å². The van der Waals surface area contributed by atoms with Crippen molar-refractivity contribution in [3.63, 3.8) is 0 Å². The van der Waals surface area contributed by atoms with Crippen LogP contribution in [0.15, 0.2) is 0 Å². The number of hydrogen-bond acceptors (Lipinski definition) is 2. The van der Waals surface area contributed by atoms with E-state index in [1.807, 2.05) is 0 Å². The van der Waals surface area contributed by atoms with E-state index in [1.165, 1.54) is 64.6 Å². The summed E-state index contributed by atoms with van der Waals surface area (Å²) in [6, 6.07) is 1.72. The van der Waals surface area contributed by atoms with Gasteiger partial charge in [0.1, 0.15) is 0 Å². The number of piperidine rings is 2. The molecule has 0 spiro atoms. The topological polar surface area (TPSA) is 15.3 Å². The molecule has 1 N–H and O–H groups in total. The van der Waals surface area contributed by atoms with Crippen LogP contribution in [0.1, 0.15) is 51.9 Å². The monoisotopic (exact) mass is 236 g/mol. The Morgan fingerprint density at radius 3 is 2.88 bits per heavy atom. The average molecular weight is 236 g/mol. The van der Waals surface area contributed by atoms with Crippen molar-refractivity contribution in [2.75, 3.05) is 19.6 Å². The predicted octanol–water partition coefficient (Wildman–Crippen LogP) is 2.64. The average Bonchev–Trinajstić information content (AvgIpc) is 2.78. The van der Waals surface area contributed by atoms with E-state index in [9.17, 15) is 0 Å². The van der Waals surface area contributed by atoms with Crippen LogP contribution in [-0.2, 0) is 0 Å². The van der Waals surface area contributed by atoms with Crippen LogP contribution in [0, 0.1) is 11.8 Å². The minimum absolute atomic E-state index is 0.776. The zero-order chi connectivity index (χ0) is 11.7. The Bertz CT molecular complexity index is 253. The van der Waals surface area contributed by atoms with E-state index in [4.69, 9.17) is 0 Å². The summed E-state index contributed by atoms with van der Waals surface area (Å²) in [5.74, 6) is 1.98. The Kier molecular flexibility index (Phi) is 3.72. The molecule has 4 atom stereocenters. The van der Waals surface area contributed by atoms with Gasteiger partial charge in [-0.25, -0.2) is 0 Å². The van der Waals surface area contributed by atoms with Gasteiger partial charge in [-0.1, -0.05) is 13.3 Å². The maximum atomic E-state index is 3.74. The smallest absolute Gasteiger partial charge is 0.0197 e. The van der Waals surface area contributed by atoms with Gasteiger partial charge in [0.2, 0.25) is 0 Å². The molecule has 3 fully saturated rings. The molecule has 3 aliphatic rings. The van der Waals surface area contributed by atoms with Gasteiger partial charge in [0.25, 0.3) is 0 Å². The first kappa shape index (κ1) is 12.0. The molecule has 98 valence electrons. The number of likely N-dealkylation sites (tertiary alicyclic amines) is 1. The fraction of sp³-hybridized carbons (Fsp3) is 1.00. The maximum absolute atomic E-state index is 3.74. The maximum Gasteiger partial charge on any atom is 0.0197 e. The molecule has 0 aromatic heterocycles. The summed E-state index contributed by atoms with van der Waals surface area (Å²) < 4.78 is 0. The fourth-order valence-corrected chi connectivity index (χ4v) is 4.43. The van der Waals surface area contributed by atoms with Crippen molar-refractivity contribution in [1.82, 2.24) is 10.2 Å². The molecule has 1 aliphatic carbocycles. The minimum atomic E-state index is 0.776. The first-order valence-corrected chi connectivity index (χ1v) is 7.80. The van der Waals surface area contributed by atoms with Crippen LogP contribution in [0.4, 0.5) is 0 Å². The minimum Gasteiger partial charge on any atom is -0.313 e. The third-order valence-electron chi connectivity index (χ3n) is 5.32. The van der Waals surface area contributed by atoms with Crippen molar-refractivity contribution in [3.05, 3.63) is 0 Å². The summed E-state index contributed by atoms with van der Waals surface area (Å²) >= 11 is 0. The fourth-order valence-electron chi connectivity index (χ4n) is 4.43. The van der Waals surface area contributed by atoms with E-state index in [2.05, 4.69) is 17.1 Å². The molecule has 2 aliphatic heterocycles. The van der Waals surface area contributed by atoms with Crippen molar-refractivity contribution in [2.45, 2.75) is 64.0 Å². The van der Waals surface area contributed by atoms with Gasteiger partial charge in [-0.3, -0.25) is 4.90 Å². The molecule has 2 nitrogen and oxygen atoms in total. The van der Waals surface area contributed by atoms with Gasteiger partial charge in [-0.05, 0) is 63.5 Å². The predicted molar refractivity (Wildman–Crippen MR) is 72.1 cm³/mol. The molecule has 4 unspecified atom stereocenters. The molecule has 0 aromatic carbocycles. The van der Waals surface area contributed by atoms with Crippen LogP contribution in [-0.4, -0.2) is 36.6 Å². The second kappa shape index (κ2) is 5.27. The highest BCUT2D eigenvalue weighted by atomic mass is 15.2. The molecule has 17 heavy (non-hydrogen) atoms. The standard InChI is InChI=1S/C15H28N2/c1-12-7-8-16-14(10-12)11-17-9-3-5-13-4-2-6-15(13)17/h12-16H,2-11H2,1H3. The molecule has 0 bridgehead atoms. The Morgan fingerprint density at radius 2 is 2.00 bits per heavy atom. The van der Waals surface area contributed by atoms with E-state index < -0.39 is 0 Å². The highest BCUT2D eigenvalue weighted by molar-refractivity contribution is 4.91. The number of nitrogens with one attached hydrogen (secondary N) is 1. The normalized spacial score (nSPS) is 43.6. The first-order valence-electron chi connectivity index (χ1n) is 7.80. The lowest BCUT2D eigenvalue weighted by molar-refractivity contribution is 0.0925. The van der Waals surface area contributed by atoms with Crippen LogP contribution in [0.3, 0.4) is 0 Å². The van der Waals surface area contributed by atoms with E-state index >= 15 is 0 Å². The molecule has 3 rings (SSSR count). The summed E-state index contributed by atoms with van der Waals surface area (Å²) in [5.41, 5.74) is 0. The van der Waals surface area contributed by atoms with Gasteiger partial charge in [-0.2, -0.15) is 0 Å². The van der Waals surface area contributed by atoms with Crippen LogP contribution in [0.5, 0.6) is 0 Å². The summed E-state index contributed by atoms with van der Waals surface area (Å²) in [7, 11) is 0. The molecule has 0 radical (unpaired) electrons. The summed E-state index contributed by atoms with van der Waals surface area (Å²) in [5, 5.41) is 3.74. The van der Waals surface area contributed by atoms with E-state index in [-0.39, 0.29) is 0 Å². The van der Waals surface area contributed by atoms with Gasteiger partial charge in [0.05, 0.1) is 0 Å². The Hall–Kier alpha value is -0.0800. The van der Waals surface area contributed by atoms with E-state index in [0.717, 1.165) is 23.9 Å². The van der Waals surface area contributed by atoms with Crippen molar-refractivity contribution in [1.29, 1.82) is 0 Å². The molecule has 0 amide bonds. The van der Waals surface area contributed by atoms with Gasteiger partial charge >= 0.3 is 0 Å². The molecular weight excluding hydrogens is 208 g/mol. The molecule has 1 saturated carbocycles. The molecule has 2 heterocycles. The van der Waals surface area contributed by atoms with Gasteiger partial charge in [-0.15, -0.1) is 0 Å². The highest BCUT2D eigenvalue weighted by Gasteiger charge is 2.35. The van der Waals surface area contributed by atoms with Crippen LogP contribution in [0.25, 0.3) is 0 Å². The Balaban J connectivity index is 1.56. The summed E-state index contributed by atoms with van der Waals surface area (Å²) in [6.45, 7) is 6.36. The zero-order valence-corrected chi connectivity index (χ0v) is 11.3. The largest absolute Gasteiger partial charge is 0.313 e. The Labute approximate surface area is 106 Å². The second-order valence-electron chi connectivity index (χ2n) is 6.68. The lowest BCUT2D eigenvalue weighted by Gasteiger charge is -2.41. The number of rotatable bonds is 2. The zero-order valence-electron chi connectivity index (χ0n) is 11.3. The van der Waals surface area contributed by atoms with Gasteiger partial charge in [0.15, 0.2) is 0 Å². The van der Waals surface area contributed by atoms with Crippen molar-refractivity contribution in [2.24, 2.45) is 11.8 Å². The lowest BCUT2D eigenvalue weighted by atomic mass is 9.89. The summed E-state index contributed by atoms with van der Waals surface area (Å²) in [6.07, 6.45) is 10.2. The molecule has 2 heteroatoms. The van der Waals surface area contributed by atoms with Crippen molar-refractivity contribution < 1.29 is 0 Å². The molecule has 0 aromatic rings. The van der Waals surface area contributed by atoms with E-state index in [1.54, 1.807) is 0 Å². The molecular formula is C15H28N2. The van der Waals surface area contributed by atoms with Crippen molar-refractivity contribution >= 4 is 0 Å². The number of fused-ring (bicyclic) bond motifs is 1. The number of hydrogen-bond donors (Lipinski definition) is 1. The van der Waals surface area contributed by atoms with Gasteiger partial charge < -0.3 is 5.32 Å². The Morgan fingerprint density at radius 1 is 1.12 bits per heavy atom. The summed E-state index contributed by atoms with van der Waals surface area (Å²) in [4.78, 5) is 2.83. The molecule has 2 saturated heterocycles. The second-order valence-corrected chi connectivity index (χ2v) is 6.68. The van der Waals surface area contributed by atoms with Crippen LogP contribution < -0.4 is 5.32 Å². The SMILES string of the molecule is CC1CCNC(CN2CCCC3CCCC32)C1. The highest BCUT2D eigenvalue weighted by Crippen LogP contribution is 2.37. The number of nitrogens with zero attached hydrogens (tertiary/aromatic N) is 1. The van der Waals surface area contributed by atoms with Crippen molar-refractivity contribution in [3.8, 4) is 0 Å². The van der Waals surface area contributed by atoms with Crippen LogP contribution in [0.2, 0.25) is 0 Å². The van der Waals surface area contributed by atoms with Crippen LogP contribution >= 0.6 is 0 Å². The lowest BCUT2D eigenvalue weighted by Crippen LogP contribution is -2.51.